The van der Waals surface area contributed by atoms with E-state index in [9.17, 15) is 0 Å². The molecule has 0 aliphatic heterocycles. The minimum Gasteiger partial charge on any atom is -0.130 e. The van der Waals surface area contributed by atoms with Crippen molar-refractivity contribution in [3.05, 3.63) is 41.0 Å². The molecule has 62 valence electrons. The number of allylic oxidation sites excluding steroid dienone is 1. The molecule has 1 aromatic rings. The lowest BCUT2D eigenvalue weighted by atomic mass is 9.93. The number of benzene rings is 1. The summed E-state index contributed by atoms with van der Waals surface area (Å²) >= 11 is 0. The van der Waals surface area contributed by atoms with Gasteiger partial charge in [0.1, 0.15) is 0 Å². The number of hydrogen-bond acceptors (Lipinski definition) is 0. The highest BCUT2D eigenvalue weighted by Crippen LogP contribution is 2.27. The van der Waals surface area contributed by atoms with Gasteiger partial charge in [-0.15, -0.1) is 9.24 Å². The van der Waals surface area contributed by atoms with Gasteiger partial charge in [0.15, 0.2) is 0 Å². The van der Waals surface area contributed by atoms with Crippen LogP contribution < -0.4 is 0 Å². The van der Waals surface area contributed by atoms with Crippen LogP contribution in [0.4, 0.5) is 0 Å². The minimum absolute atomic E-state index is 0.639. The average molecular weight is 176 g/mol. The first-order valence-corrected chi connectivity index (χ1v) is 4.96. The monoisotopic (exact) mass is 176 g/mol. The molecule has 0 fully saturated rings. The van der Waals surface area contributed by atoms with Crippen molar-refractivity contribution < 1.29 is 0 Å². The summed E-state index contributed by atoms with van der Waals surface area (Å²) in [5.74, 6) is 0. The Morgan fingerprint density at radius 2 is 2.08 bits per heavy atom. The van der Waals surface area contributed by atoms with E-state index in [-0.39, 0.29) is 0 Å². The van der Waals surface area contributed by atoms with Gasteiger partial charge in [-0.3, -0.25) is 0 Å². The van der Waals surface area contributed by atoms with E-state index in [4.69, 9.17) is 0 Å². The van der Waals surface area contributed by atoms with Crippen molar-refractivity contribution in [3.63, 3.8) is 0 Å². The molecule has 0 saturated heterocycles. The first kappa shape index (κ1) is 8.01. The molecular formula is C11H13P. The highest BCUT2D eigenvalue weighted by Gasteiger charge is 2.13. The third kappa shape index (κ3) is 1.32. The normalized spacial score (nSPS) is 21.5. The van der Waals surface area contributed by atoms with Crippen molar-refractivity contribution in [2.24, 2.45) is 0 Å². The second-order valence-corrected chi connectivity index (χ2v) is 4.20. The third-order valence-corrected chi connectivity index (χ3v) is 3.22. The molecule has 0 nitrogen and oxygen atoms in total. The molecule has 12 heavy (non-hydrogen) atoms. The first-order chi connectivity index (χ1) is 5.77. The Morgan fingerprint density at radius 1 is 1.33 bits per heavy atom. The van der Waals surface area contributed by atoms with Crippen LogP contribution >= 0.6 is 9.24 Å². The van der Waals surface area contributed by atoms with Gasteiger partial charge in [-0.05, 0) is 30.1 Å². The lowest BCUT2D eigenvalue weighted by molar-refractivity contribution is 0.948. The molecule has 0 spiro atoms. The largest absolute Gasteiger partial charge is 0.130 e. The minimum atomic E-state index is 0.639. The maximum atomic E-state index is 2.90. The highest BCUT2D eigenvalue weighted by atomic mass is 31.0. The van der Waals surface area contributed by atoms with E-state index >= 15 is 0 Å². The Hall–Kier alpha value is -0.610. The third-order valence-electron chi connectivity index (χ3n) is 2.46. The van der Waals surface area contributed by atoms with E-state index in [0.717, 1.165) is 0 Å². The van der Waals surface area contributed by atoms with Crippen LogP contribution in [0.2, 0.25) is 0 Å². The summed E-state index contributed by atoms with van der Waals surface area (Å²) < 4.78 is 0. The zero-order valence-electron chi connectivity index (χ0n) is 7.25. The van der Waals surface area contributed by atoms with Crippen LogP contribution in [-0.4, -0.2) is 5.66 Å². The fraction of sp³-hybridized carbons (Fsp3) is 0.273. The Labute approximate surface area is 75.9 Å². The van der Waals surface area contributed by atoms with Crippen LogP contribution in [-0.2, 0) is 6.42 Å². The van der Waals surface area contributed by atoms with Crippen molar-refractivity contribution >= 4 is 15.3 Å². The molecule has 2 atom stereocenters. The Bertz CT molecular complexity index is 326. The van der Waals surface area contributed by atoms with Gasteiger partial charge in [0.05, 0.1) is 0 Å². The summed E-state index contributed by atoms with van der Waals surface area (Å²) in [7, 11) is 2.90. The van der Waals surface area contributed by atoms with Crippen LogP contribution in [0.1, 0.15) is 18.1 Å². The standard InChI is InChI=1S/C11H13P/c1-8-6-9-4-2-3-5-10(9)7-11(8)12/h2-6,11H,7,12H2,1H3. The van der Waals surface area contributed by atoms with E-state index in [1.165, 1.54) is 23.1 Å². The number of hydrogen-bond donors (Lipinski definition) is 0. The summed E-state index contributed by atoms with van der Waals surface area (Å²) in [4.78, 5) is 0. The van der Waals surface area contributed by atoms with Crippen molar-refractivity contribution in [2.45, 2.75) is 19.0 Å². The van der Waals surface area contributed by atoms with E-state index in [0.29, 0.717) is 5.66 Å². The smallest absolute Gasteiger partial charge is 0.00146 e. The lowest BCUT2D eigenvalue weighted by Gasteiger charge is -2.19. The van der Waals surface area contributed by atoms with Crippen LogP contribution in [0.5, 0.6) is 0 Å². The average Bonchev–Trinajstić information content (AvgIpc) is 2.07. The molecule has 2 unspecified atom stereocenters. The molecule has 1 aliphatic rings. The van der Waals surface area contributed by atoms with Gasteiger partial charge in [-0.2, -0.15) is 0 Å². The molecule has 0 aromatic heterocycles. The summed E-state index contributed by atoms with van der Waals surface area (Å²) in [5.41, 5.74) is 4.98. The van der Waals surface area contributed by atoms with E-state index in [1.807, 2.05) is 0 Å². The van der Waals surface area contributed by atoms with Crippen molar-refractivity contribution in [2.75, 3.05) is 0 Å². The molecule has 2 rings (SSSR count). The summed E-state index contributed by atoms with van der Waals surface area (Å²) in [5, 5.41) is 0. The summed E-state index contributed by atoms with van der Waals surface area (Å²) in [6.45, 7) is 2.20. The van der Waals surface area contributed by atoms with Gasteiger partial charge in [0, 0.05) is 0 Å². The van der Waals surface area contributed by atoms with Crippen molar-refractivity contribution in [1.82, 2.24) is 0 Å². The first-order valence-electron chi connectivity index (χ1n) is 4.29. The molecular weight excluding hydrogens is 163 g/mol. The van der Waals surface area contributed by atoms with Gasteiger partial charge < -0.3 is 0 Å². The van der Waals surface area contributed by atoms with Gasteiger partial charge in [-0.25, -0.2) is 0 Å². The van der Waals surface area contributed by atoms with E-state index in [2.05, 4.69) is 46.5 Å². The van der Waals surface area contributed by atoms with Crippen molar-refractivity contribution in [3.8, 4) is 0 Å². The molecule has 0 heterocycles. The quantitative estimate of drug-likeness (QED) is 0.533. The molecule has 0 saturated carbocycles. The molecule has 1 aromatic carbocycles. The van der Waals surface area contributed by atoms with Gasteiger partial charge >= 0.3 is 0 Å². The Balaban J connectivity index is 2.49. The summed E-state index contributed by atoms with van der Waals surface area (Å²) in [6, 6.07) is 8.63. The predicted molar refractivity (Wildman–Crippen MR) is 57.3 cm³/mol. The maximum Gasteiger partial charge on any atom is -0.00146 e. The summed E-state index contributed by atoms with van der Waals surface area (Å²) in [6.07, 6.45) is 3.46. The second kappa shape index (κ2) is 3.03. The molecule has 0 radical (unpaired) electrons. The van der Waals surface area contributed by atoms with Gasteiger partial charge in [0.2, 0.25) is 0 Å². The van der Waals surface area contributed by atoms with Crippen LogP contribution in [0.25, 0.3) is 6.08 Å². The molecule has 0 N–H and O–H groups in total. The number of rotatable bonds is 0. The zero-order chi connectivity index (χ0) is 8.55. The Kier molecular flexibility index (Phi) is 2.02. The highest BCUT2D eigenvalue weighted by molar-refractivity contribution is 7.18. The van der Waals surface area contributed by atoms with Crippen molar-refractivity contribution in [1.29, 1.82) is 0 Å². The molecule has 1 aliphatic carbocycles. The SMILES string of the molecule is CC1=Cc2ccccc2CC1P. The van der Waals surface area contributed by atoms with Crippen LogP contribution in [0, 0.1) is 0 Å². The topological polar surface area (TPSA) is 0 Å². The zero-order valence-corrected chi connectivity index (χ0v) is 8.40. The molecule has 0 bridgehead atoms. The number of fused-ring (bicyclic) bond motifs is 1. The maximum absolute atomic E-state index is 2.90. The molecule has 0 amide bonds. The van der Waals surface area contributed by atoms with Crippen LogP contribution in [0.3, 0.4) is 0 Å². The van der Waals surface area contributed by atoms with E-state index < -0.39 is 0 Å². The van der Waals surface area contributed by atoms with Gasteiger partial charge in [0.25, 0.3) is 0 Å². The fourth-order valence-electron chi connectivity index (χ4n) is 1.61. The predicted octanol–water partition coefficient (Wildman–Crippen LogP) is 2.89. The Morgan fingerprint density at radius 3 is 2.92 bits per heavy atom. The fourth-order valence-corrected chi connectivity index (χ4v) is 1.96. The van der Waals surface area contributed by atoms with E-state index in [1.54, 1.807) is 0 Å². The van der Waals surface area contributed by atoms with Gasteiger partial charge in [-0.1, -0.05) is 35.9 Å². The second-order valence-electron chi connectivity index (χ2n) is 3.40. The lowest BCUT2D eigenvalue weighted by Crippen LogP contribution is -2.09. The van der Waals surface area contributed by atoms with Crippen LogP contribution in [0.15, 0.2) is 29.8 Å². The molecule has 1 heteroatoms.